The van der Waals surface area contributed by atoms with Crippen LogP contribution in [0.1, 0.15) is 38.2 Å². The van der Waals surface area contributed by atoms with Gasteiger partial charge in [-0.2, -0.15) is 0 Å². The van der Waals surface area contributed by atoms with Gasteiger partial charge in [0.15, 0.2) is 0 Å². The molecule has 0 heterocycles. The van der Waals surface area contributed by atoms with Gasteiger partial charge >= 0.3 is 0 Å². The van der Waals surface area contributed by atoms with E-state index in [1.807, 2.05) is 45.9 Å². The normalized spacial score (nSPS) is 10.4. The third kappa shape index (κ3) is 2.90. The number of benzene rings is 2. The van der Waals surface area contributed by atoms with Gasteiger partial charge in [0.05, 0.1) is 0 Å². The molecule has 0 atom stereocenters. The number of hydrogen-bond donors (Lipinski definition) is 1. The molecule has 104 valence electrons. The maximum Gasteiger partial charge on any atom is 0.255 e. The zero-order valence-corrected chi connectivity index (χ0v) is 12.8. The molecule has 1 N–H and O–H groups in total. The molecule has 0 fully saturated rings. The van der Waals surface area contributed by atoms with E-state index in [9.17, 15) is 4.79 Å². The van der Waals surface area contributed by atoms with E-state index in [4.69, 9.17) is 0 Å². The van der Waals surface area contributed by atoms with Gasteiger partial charge in [-0.15, -0.1) is 0 Å². The van der Waals surface area contributed by atoms with Crippen molar-refractivity contribution in [1.29, 1.82) is 0 Å². The van der Waals surface area contributed by atoms with Gasteiger partial charge in [0.25, 0.3) is 5.91 Å². The molecule has 0 bridgehead atoms. The predicted molar refractivity (Wildman–Crippen MR) is 84.5 cm³/mol. The van der Waals surface area contributed by atoms with Gasteiger partial charge in [0.2, 0.25) is 0 Å². The first kappa shape index (κ1) is 14.3. The lowest BCUT2D eigenvalue weighted by Crippen LogP contribution is -2.14. The topological polar surface area (TPSA) is 29.1 Å². The van der Waals surface area contributed by atoms with E-state index < -0.39 is 0 Å². The highest BCUT2D eigenvalue weighted by atomic mass is 16.1. The summed E-state index contributed by atoms with van der Waals surface area (Å²) in [6.07, 6.45) is 0. The van der Waals surface area contributed by atoms with E-state index in [1.54, 1.807) is 0 Å². The van der Waals surface area contributed by atoms with Gasteiger partial charge in [-0.3, -0.25) is 4.79 Å². The van der Waals surface area contributed by atoms with E-state index >= 15 is 0 Å². The number of carbonyl (C=O) groups excluding carboxylic acids is 1. The minimum Gasteiger partial charge on any atom is -0.322 e. The molecule has 0 aliphatic rings. The van der Waals surface area contributed by atoms with Crippen molar-refractivity contribution in [3.63, 3.8) is 0 Å². The molecule has 0 spiro atoms. The monoisotopic (exact) mass is 267 g/mol. The standard InChI is InChI=1S/C18H21NO/c1-11-8-14(4)17(15(5)9-11)19-18(20)16-7-6-12(2)13(3)10-16/h6-10H,1-5H3,(H,19,20). The lowest BCUT2D eigenvalue weighted by atomic mass is 10.0. The Labute approximate surface area is 120 Å². The third-order valence-corrected chi connectivity index (χ3v) is 3.68. The Morgan fingerprint density at radius 3 is 1.95 bits per heavy atom. The van der Waals surface area contributed by atoms with Crippen LogP contribution in [0.4, 0.5) is 5.69 Å². The van der Waals surface area contributed by atoms with Crippen molar-refractivity contribution in [2.75, 3.05) is 5.32 Å². The summed E-state index contributed by atoms with van der Waals surface area (Å²) in [5.41, 5.74) is 7.36. The van der Waals surface area contributed by atoms with Crippen LogP contribution in [0.5, 0.6) is 0 Å². The smallest absolute Gasteiger partial charge is 0.255 e. The SMILES string of the molecule is Cc1cc(C)c(NC(=O)c2ccc(C)c(C)c2)c(C)c1. The summed E-state index contributed by atoms with van der Waals surface area (Å²) in [7, 11) is 0. The highest BCUT2D eigenvalue weighted by Gasteiger charge is 2.10. The van der Waals surface area contributed by atoms with Crippen LogP contribution in [0.3, 0.4) is 0 Å². The maximum absolute atomic E-state index is 12.4. The Balaban J connectivity index is 2.30. The van der Waals surface area contributed by atoms with E-state index in [-0.39, 0.29) is 5.91 Å². The molecule has 0 unspecified atom stereocenters. The van der Waals surface area contributed by atoms with Crippen molar-refractivity contribution >= 4 is 11.6 Å². The number of amides is 1. The Hall–Kier alpha value is -2.09. The molecule has 0 aliphatic carbocycles. The summed E-state index contributed by atoms with van der Waals surface area (Å²) in [5, 5.41) is 3.03. The fourth-order valence-corrected chi connectivity index (χ4v) is 2.45. The summed E-state index contributed by atoms with van der Waals surface area (Å²) in [6, 6.07) is 9.96. The molecule has 0 aliphatic heterocycles. The van der Waals surface area contributed by atoms with Crippen molar-refractivity contribution in [3.05, 3.63) is 63.7 Å². The van der Waals surface area contributed by atoms with Crippen LogP contribution in [0.2, 0.25) is 0 Å². The fourth-order valence-electron chi connectivity index (χ4n) is 2.45. The number of rotatable bonds is 2. The molecule has 2 aromatic rings. The van der Waals surface area contributed by atoms with Gasteiger partial charge in [-0.05, 0) is 69.0 Å². The highest BCUT2D eigenvalue weighted by molar-refractivity contribution is 6.05. The molecule has 2 rings (SSSR count). The first-order valence-corrected chi connectivity index (χ1v) is 6.85. The van der Waals surface area contributed by atoms with Crippen LogP contribution in [0.25, 0.3) is 0 Å². The van der Waals surface area contributed by atoms with Crippen LogP contribution in [-0.4, -0.2) is 5.91 Å². The van der Waals surface area contributed by atoms with E-state index in [0.29, 0.717) is 5.56 Å². The van der Waals surface area contributed by atoms with Crippen molar-refractivity contribution in [2.45, 2.75) is 34.6 Å². The van der Waals surface area contributed by atoms with E-state index in [0.717, 1.165) is 22.4 Å². The first-order valence-electron chi connectivity index (χ1n) is 6.85. The predicted octanol–water partition coefficient (Wildman–Crippen LogP) is 4.48. The molecule has 2 heteroatoms. The maximum atomic E-state index is 12.4. The first-order chi connectivity index (χ1) is 9.38. The Morgan fingerprint density at radius 1 is 0.800 bits per heavy atom. The summed E-state index contributed by atoms with van der Waals surface area (Å²) in [4.78, 5) is 12.4. The molecule has 1 amide bonds. The zero-order valence-electron chi connectivity index (χ0n) is 12.8. The summed E-state index contributed by atoms with van der Waals surface area (Å²) in [6.45, 7) is 10.2. The van der Waals surface area contributed by atoms with Gasteiger partial charge in [-0.25, -0.2) is 0 Å². The Morgan fingerprint density at radius 2 is 1.40 bits per heavy atom. The van der Waals surface area contributed by atoms with Gasteiger partial charge in [-0.1, -0.05) is 23.8 Å². The summed E-state index contributed by atoms with van der Waals surface area (Å²) in [5.74, 6) is -0.0526. The van der Waals surface area contributed by atoms with Crippen LogP contribution in [0.15, 0.2) is 30.3 Å². The van der Waals surface area contributed by atoms with E-state index in [1.165, 1.54) is 11.1 Å². The summed E-state index contributed by atoms with van der Waals surface area (Å²) < 4.78 is 0. The van der Waals surface area contributed by atoms with Crippen LogP contribution in [-0.2, 0) is 0 Å². The average molecular weight is 267 g/mol. The van der Waals surface area contributed by atoms with Crippen LogP contribution >= 0.6 is 0 Å². The Kier molecular flexibility index (Phi) is 3.93. The molecule has 2 nitrogen and oxygen atoms in total. The number of carbonyl (C=O) groups is 1. The lowest BCUT2D eigenvalue weighted by molar-refractivity contribution is 0.102. The Bertz CT molecular complexity index is 648. The molecule has 2 aromatic carbocycles. The van der Waals surface area contributed by atoms with Gasteiger partial charge in [0, 0.05) is 11.3 Å². The van der Waals surface area contributed by atoms with Gasteiger partial charge in [0.1, 0.15) is 0 Å². The number of nitrogens with one attached hydrogen (secondary N) is 1. The quantitative estimate of drug-likeness (QED) is 0.854. The average Bonchev–Trinajstić information content (AvgIpc) is 2.36. The second-order valence-corrected chi connectivity index (χ2v) is 5.53. The highest BCUT2D eigenvalue weighted by Crippen LogP contribution is 2.23. The molecule has 0 aromatic heterocycles. The fraction of sp³-hybridized carbons (Fsp3) is 0.278. The lowest BCUT2D eigenvalue weighted by Gasteiger charge is -2.13. The van der Waals surface area contributed by atoms with Crippen molar-refractivity contribution in [3.8, 4) is 0 Å². The molecule has 0 saturated carbocycles. The number of hydrogen-bond acceptors (Lipinski definition) is 1. The van der Waals surface area contributed by atoms with Gasteiger partial charge < -0.3 is 5.32 Å². The van der Waals surface area contributed by atoms with E-state index in [2.05, 4.69) is 24.4 Å². The van der Waals surface area contributed by atoms with Crippen molar-refractivity contribution in [2.24, 2.45) is 0 Å². The number of anilines is 1. The second kappa shape index (κ2) is 5.49. The van der Waals surface area contributed by atoms with Crippen molar-refractivity contribution in [1.82, 2.24) is 0 Å². The summed E-state index contributed by atoms with van der Waals surface area (Å²) >= 11 is 0. The van der Waals surface area contributed by atoms with Crippen molar-refractivity contribution < 1.29 is 4.79 Å². The number of aryl methyl sites for hydroxylation is 5. The zero-order chi connectivity index (χ0) is 14.9. The molecule has 0 saturated heterocycles. The van der Waals surface area contributed by atoms with Crippen LogP contribution < -0.4 is 5.32 Å². The molecular weight excluding hydrogens is 246 g/mol. The molecule has 20 heavy (non-hydrogen) atoms. The molecular formula is C18H21NO. The largest absolute Gasteiger partial charge is 0.322 e. The third-order valence-electron chi connectivity index (χ3n) is 3.68. The minimum atomic E-state index is -0.0526. The minimum absolute atomic E-state index is 0.0526. The van der Waals surface area contributed by atoms with Crippen LogP contribution in [0, 0.1) is 34.6 Å². The second-order valence-electron chi connectivity index (χ2n) is 5.53. The molecule has 0 radical (unpaired) electrons.